The van der Waals surface area contributed by atoms with Crippen LogP contribution in [-0.4, -0.2) is 9.78 Å². The maximum absolute atomic E-state index is 5.60. The maximum Gasteiger partial charge on any atom is 0.105 e. The van der Waals surface area contributed by atoms with Gasteiger partial charge in [-0.3, -0.25) is 4.68 Å². The molecular weight excluding hydrogens is 286 g/mol. The lowest BCUT2D eigenvalue weighted by Crippen LogP contribution is -2.18. The first-order valence-electron chi connectivity index (χ1n) is 7.97. The number of nitrogens with zero attached hydrogens (tertiary/aromatic N) is 2. The lowest BCUT2D eigenvalue weighted by Gasteiger charge is -2.12. The van der Waals surface area contributed by atoms with E-state index in [1.54, 1.807) is 0 Å². The summed E-state index contributed by atoms with van der Waals surface area (Å²) in [5.41, 5.74) is 3.66. The van der Waals surface area contributed by atoms with Gasteiger partial charge >= 0.3 is 0 Å². The molecule has 1 unspecified atom stereocenters. The molecular formula is C19H23N3O. The van der Waals surface area contributed by atoms with Gasteiger partial charge in [-0.15, -0.1) is 0 Å². The molecule has 0 bridgehead atoms. The number of furan rings is 1. The highest BCUT2D eigenvalue weighted by Gasteiger charge is 2.12. The Bertz CT molecular complexity index is 758. The Labute approximate surface area is 137 Å². The van der Waals surface area contributed by atoms with Crippen LogP contribution in [0.3, 0.4) is 0 Å². The minimum Gasteiger partial charge on any atom is -0.466 e. The quantitative estimate of drug-likeness (QED) is 0.748. The van der Waals surface area contributed by atoms with E-state index in [-0.39, 0.29) is 6.04 Å². The molecule has 1 atom stereocenters. The van der Waals surface area contributed by atoms with Gasteiger partial charge in [-0.2, -0.15) is 5.10 Å². The molecule has 2 heterocycles. The SMILES string of the molecule is Cc1cc(C(C)NCc2cnn(Cc3ccccc3)c2)c(C)o1. The van der Waals surface area contributed by atoms with Crippen LogP contribution in [0.25, 0.3) is 0 Å². The number of nitrogens with one attached hydrogen (secondary N) is 1. The predicted molar refractivity (Wildman–Crippen MR) is 91.2 cm³/mol. The molecule has 23 heavy (non-hydrogen) atoms. The van der Waals surface area contributed by atoms with Crippen LogP contribution in [0.1, 0.15) is 41.2 Å². The molecule has 3 aromatic rings. The summed E-state index contributed by atoms with van der Waals surface area (Å²) in [5, 5.41) is 7.98. The number of rotatable bonds is 6. The van der Waals surface area contributed by atoms with Gasteiger partial charge in [-0.25, -0.2) is 0 Å². The summed E-state index contributed by atoms with van der Waals surface area (Å²) in [5.74, 6) is 1.95. The van der Waals surface area contributed by atoms with E-state index in [2.05, 4.69) is 53.9 Å². The Morgan fingerprint density at radius 2 is 1.96 bits per heavy atom. The first-order valence-corrected chi connectivity index (χ1v) is 7.97. The van der Waals surface area contributed by atoms with Gasteiger partial charge in [0.25, 0.3) is 0 Å². The average Bonchev–Trinajstić information content (AvgIpc) is 3.12. The van der Waals surface area contributed by atoms with Crippen LogP contribution in [0, 0.1) is 13.8 Å². The summed E-state index contributed by atoms with van der Waals surface area (Å²) in [6.07, 6.45) is 4.02. The number of aryl methyl sites for hydroxylation is 2. The molecule has 0 spiro atoms. The van der Waals surface area contributed by atoms with Crippen LogP contribution in [0.4, 0.5) is 0 Å². The Kier molecular flexibility index (Phi) is 4.63. The Morgan fingerprint density at radius 1 is 1.17 bits per heavy atom. The van der Waals surface area contributed by atoms with Crippen molar-refractivity contribution in [2.75, 3.05) is 0 Å². The lowest BCUT2D eigenvalue weighted by molar-refractivity contribution is 0.489. The molecule has 0 aliphatic carbocycles. The Hall–Kier alpha value is -2.33. The van der Waals surface area contributed by atoms with Gasteiger partial charge in [-0.05, 0) is 32.4 Å². The van der Waals surface area contributed by atoms with Gasteiger partial charge in [0.2, 0.25) is 0 Å². The topological polar surface area (TPSA) is 43.0 Å². The molecule has 0 saturated heterocycles. The highest BCUT2D eigenvalue weighted by molar-refractivity contribution is 5.23. The van der Waals surface area contributed by atoms with Crippen LogP contribution >= 0.6 is 0 Å². The van der Waals surface area contributed by atoms with E-state index in [0.29, 0.717) is 0 Å². The minimum atomic E-state index is 0.255. The van der Waals surface area contributed by atoms with Crippen molar-refractivity contribution in [3.8, 4) is 0 Å². The third-order valence-electron chi connectivity index (χ3n) is 4.03. The smallest absolute Gasteiger partial charge is 0.105 e. The number of benzene rings is 1. The molecule has 0 fully saturated rings. The van der Waals surface area contributed by atoms with Gasteiger partial charge < -0.3 is 9.73 Å². The molecule has 0 aliphatic rings. The zero-order valence-electron chi connectivity index (χ0n) is 13.9. The fraction of sp³-hybridized carbons (Fsp3) is 0.316. The third kappa shape index (κ3) is 3.90. The lowest BCUT2D eigenvalue weighted by atomic mass is 10.1. The van der Waals surface area contributed by atoms with Gasteiger partial charge in [0.15, 0.2) is 0 Å². The molecule has 1 aromatic carbocycles. The van der Waals surface area contributed by atoms with Crippen molar-refractivity contribution in [1.82, 2.24) is 15.1 Å². The molecule has 120 valence electrons. The van der Waals surface area contributed by atoms with Crippen molar-refractivity contribution in [2.45, 2.75) is 39.9 Å². The van der Waals surface area contributed by atoms with Crippen LogP contribution in [0.2, 0.25) is 0 Å². The molecule has 4 nitrogen and oxygen atoms in total. The first kappa shape index (κ1) is 15.6. The van der Waals surface area contributed by atoms with E-state index in [1.807, 2.05) is 30.8 Å². The average molecular weight is 309 g/mol. The number of hydrogen-bond acceptors (Lipinski definition) is 3. The molecule has 2 aromatic heterocycles. The normalized spacial score (nSPS) is 12.5. The van der Waals surface area contributed by atoms with Crippen molar-refractivity contribution in [3.63, 3.8) is 0 Å². The van der Waals surface area contributed by atoms with Crippen LogP contribution in [-0.2, 0) is 13.1 Å². The van der Waals surface area contributed by atoms with Gasteiger partial charge in [0, 0.05) is 29.9 Å². The fourth-order valence-electron chi connectivity index (χ4n) is 2.82. The monoisotopic (exact) mass is 309 g/mol. The van der Waals surface area contributed by atoms with E-state index >= 15 is 0 Å². The van der Waals surface area contributed by atoms with Crippen LogP contribution in [0.15, 0.2) is 53.2 Å². The molecule has 0 amide bonds. The summed E-state index contributed by atoms with van der Waals surface area (Å²) in [6, 6.07) is 12.7. The largest absolute Gasteiger partial charge is 0.466 e. The van der Waals surface area contributed by atoms with Gasteiger partial charge in [0.1, 0.15) is 11.5 Å². The summed E-state index contributed by atoms with van der Waals surface area (Å²) >= 11 is 0. The summed E-state index contributed by atoms with van der Waals surface area (Å²) in [4.78, 5) is 0. The van der Waals surface area contributed by atoms with Crippen molar-refractivity contribution < 1.29 is 4.42 Å². The molecule has 1 N–H and O–H groups in total. The second-order valence-corrected chi connectivity index (χ2v) is 6.00. The molecule has 4 heteroatoms. The molecule has 0 radical (unpaired) electrons. The highest BCUT2D eigenvalue weighted by atomic mass is 16.3. The number of aromatic nitrogens is 2. The molecule has 3 rings (SSSR count). The van der Waals surface area contributed by atoms with Crippen molar-refractivity contribution >= 4 is 0 Å². The van der Waals surface area contributed by atoms with E-state index in [4.69, 9.17) is 4.42 Å². The number of hydrogen-bond donors (Lipinski definition) is 1. The Balaban J connectivity index is 1.58. The van der Waals surface area contributed by atoms with E-state index in [1.165, 1.54) is 16.7 Å². The minimum absolute atomic E-state index is 0.255. The molecule has 0 aliphatic heterocycles. The standard InChI is InChI=1S/C19H23N3O/c1-14-9-19(16(3)23-14)15(2)20-10-18-11-21-22(13-18)12-17-7-5-4-6-8-17/h4-9,11,13,15,20H,10,12H2,1-3H3. The van der Waals surface area contributed by atoms with Crippen molar-refractivity contribution in [3.05, 3.63) is 77.0 Å². The van der Waals surface area contributed by atoms with Crippen molar-refractivity contribution in [1.29, 1.82) is 0 Å². The second-order valence-electron chi connectivity index (χ2n) is 6.00. The summed E-state index contributed by atoms with van der Waals surface area (Å²) in [7, 11) is 0. The van der Waals surface area contributed by atoms with E-state index in [9.17, 15) is 0 Å². The highest BCUT2D eigenvalue weighted by Crippen LogP contribution is 2.21. The zero-order chi connectivity index (χ0) is 16.2. The van der Waals surface area contributed by atoms with E-state index in [0.717, 1.165) is 24.6 Å². The second kappa shape index (κ2) is 6.84. The van der Waals surface area contributed by atoms with Crippen LogP contribution < -0.4 is 5.32 Å². The maximum atomic E-state index is 5.60. The summed E-state index contributed by atoms with van der Waals surface area (Å²) in [6.45, 7) is 7.75. The third-order valence-corrected chi connectivity index (χ3v) is 4.03. The van der Waals surface area contributed by atoms with Gasteiger partial charge in [0.05, 0.1) is 12.7 Å². The fourth-order valence-corrected chi connectivity index (χ4v) is 2.82. The first-order chi connectivity index (χ1) is 11.1. The predicted octanol–water partition coefficient (Wildman–Crippen LogP) is 3.99. The molecule has 0 saturated carbocycles. The summed E-state index contributed by atoms with van der Waals surface area (Å²) < 4.78 is 7.58. The Morgan fingerprint density at radius 3 is 2.65 bits per heavy atom. The van der Waals surface area contributed by atoms with Crippen LogP contribution in [0.5, 0.6) is 0 Å². The van der Waals surface area contributed by atoms with E-state index < -0.39 is 0 Å². The van der Waals surface area contributed by atoms with Crippen molar-refractivity contribution in [2.24, 2.45) is 0 Å². The zero-order valence-corrected chi connectivity index (χ0v) is 13.9. The van der Waals surface area contributed by atoms with Gasteiger partial charge in [-0.1, -0.05) is 30.3 Å².